The van der Waals surface area contributed by atoms with E-state index in [2.05, 4.69) is 15.0 Å². The first-order valence-electron chi connectivity index (χ1n) is 12.1. The van der Waals surface area contributed by atoms with E-state index in [1.54, 1.807) is 25.7 Å². The molecule has 0 N–H and O–H groups in total. The fourth-order valence-corrected chi connectivity index (χ4v) is 4.89. The van der Waals surface area contributed by atoms with E-state index < -0.39 is 44.7 Å². The number of halogens is 3. The summed E-state index contributed by atoms with van der Waals surface area (Å²) in [6.45, 7) is 6.18. The fraction of sp³-hybridized carbons (Fsp3) is 0.542. The van der Waals surface area contributed by atoms with Gasteiger partial charge in [0.2, 0.25) is 20.9 Å². The van der Waals surface area contributed by atoms with E-state index >= 15 is 0 Å². The van der Waals surface area contributed by atoms with Crippen LogP contribution in [0.3, 0.4) is 0 Å². The minimum atomic E-state index is -3.97. The number of pyridine rings is 1. The van der Waals surface area contributed by atoms with E-state index in [-0.39, 0.29) is 46.7 Å². The molecule has 2 amide bonds. The van der Waals surface area contributed by atoms with Gasteiger partial charge in [-0.15, -0.1) is 0 Å². The van der Waals surface area contributed by atoms with Crippen LogP contribution in [0.25, 0.3) is 11.3 Å². The quantitative estimate of drug-likeness (QED) is 0.484. The Morgan fingerprint density at radius 1 is 1.13 bits per heavy atom. The Bertz CT molecular complexity index is 1410. The summed E-state index contributed by atoms with van der Waals surface area (Å²) >= 11 is 6.31. The number of rotatable bonds is 5. The second-order valence-corrected chi connectivity index (χ2v) is 12.6. The summed E-state index contributed by atoms with van der Waals surface area (Å²) in [6, 6.07) is 1.36. The monoisotopic (exact) mass is 587 g/mol. The highest BCUT2D eigenvalue weighted by Crippen LogP contribution is 2.44. The molecule has 0 spiro atoms. The number of piperazine rings is 1. The normalized spacial score (nSPS) is 17.1. The van der Waals surface area contributed by atoms with Crippen molar-refractivity contribution in [3.05, 3.63) is 28.5 Å². The molecule has 0 radical (unpaired) electrons. The third-order valence-corrected chi connectivity index (χ3v) is 7.17. The number of hydrogen-bond donors (Lipinski definition) is 0. The number of aromatic nitrogens is 3. The van der Waals surface area contributed by atoms with Gasteiger partial charge in [-0.25, -0.2) is 28.2 Å². The number of alkyl halides is 2. The molecule has 11 nitrogen and oxygen atoms in total. The first kappa shape index (κ1) is 28.9. The number of amides is 2. The van der Waals surface area contributed by atoms with E-state index in [4.69, 9.17) is 21.1 Å². The minimum absolute atomic E-state index is 0.00233. The van der Waals surface area contributed by atoms with Gasteiger partial charge in [0.25, 0.3) is 11.8 Å². The van der Waals surface area contributed by atoms with Gasteiger partial charge in [-0.3, -0.25) is 4.79 Å². The van der Waals surface area contributed by atoms with Gasteiger partial charge in [0.05, 0.1) is 5.69 Å². The van der Waals surface area contributed by atoms with Gasteiger partial charge in [-0.05, 0) is 33.3 Å². The summed E-state index contributed by atoms with van der Waals surface area (Å²) in [5.74, 6) is -3.69. The molecule has 0 saturated carbocycles. The Morgan fingerprint density at radius 3 is 2.36 bits per heavy atom. The highest BCUT2D eigenvalue weighted by molar-refractivity contribution is 7.90. The molecule has 39 heavy (non-hydrogen) atoms. The molecular weight excluding hydrogens is 560 g/mol. The Labute approximate surface area is 229 Å². The van der Waals surface area contributed by atoms with Gasteiger partial charge in [-0.2, -0.15) is 8.78 Å². The first-order chi connectivity index (χ1) is 18.0. The van der Waals surface area contributed by atoms with Crippen molar-refractivity contribution in [3.63, 3.8) is 0 Å². The molecule has 0 atom stereocenters. The van der Waals surface area contributed by atoms with Crippen molar-refractivity contribution in [2.75, 3.05) is 39.0 Å². The zero-order valence-corrected chi connectivity index (χ0v) is 23.4. The average molecular weight is 588 g/mol. The summed E-state index contributed by atoms with van der Waals surface area (Å²) in [4.78, 5) is 39.7. The summed E-state index contributed by atoms with van der Waals surface area (Å²) < 4.78 is 63.7. The second-order valence-electron chi connectivity index (χ2n) is 10.3. The Hall–Kier alpha value is -3.13. The molecule has 2 aliphatic rings. The van der Waals surface area contributed by atoms with Crippen molar-refractivity contribution >= 4 is 33.4 Å². The molecule has 1 aliphatic heterocycles. The van der Waals surface area contributed by atoms with Crippen LogP contribution >= 0.6 is 11.6 Å². The van der Waals surface area contributed by atoms with Crippen LogP contribution in [0.2, 0.25) is 5.02 Å². The van der Waals surface area contributed by atoms with Gasteiger partial charge >= 0.3 is 6.09 Å². The molecule has 0 unspecified atom stereocenters. The zero-order chi connectivity index (χ0) is 28.8. The van der Waals surface area contributed by atoms with E-state index in [0.29, 0.717) is 26.2 Å². The molecule has 212 valence electrons. The number of ether oxygens (including phenoxy) is 2. The van der Waals surface area contributed by atoms with E-state index in [1.165, 1.54) is 17.2 Å². The molecular formula is C24H28ClF2N5O6S. The summed E-state index contributed by atoms with van der Waals surface area (Å²) in [5.41, 5.74) is -0.911. The van der Waals surface area contributed by atoms with Crippen molar-refractivity contribution < 1.29 is 36.3 Å². The van der Waals surface area contributed by atoms with E-state index in [0.717, 1.165) is 6.26 Å². The largest absolute Gasteiger partial charge is 0.466 e. The lowest BCUT2D eigenvalue weighted by Gasteiger charge is -2.35. The maximum absolute atomic E-state index is 14.4. The minimum Gasteiger partial charge on any atom is -0.466 e. The highest BCUT2D eigenvalue weighted by Gasteiger charge is 2.44. The lowest BCUT2D eigenvalue weighted by Crippen LogP contribution is -2.52. The first-order valence-corrected chi connectivity index (χ1v) is 14.4. The van der Waals surface area contributed by atoms with Crippen LogP contribution in [0.15, 0.2) is 17.4 Å². The predicted octanol–water partition coefficient (Wildman–Crippen LogP) is 3.09. The summed E-state index contributed by atoms with van der Waals surface area (Å²) in [5, 5.41) is -0.736. The molecule has 1 aliphatic carbocycles. The molecule has 3 heterocycles. The van der Waals surface area contributed by atoms with Gasteiger partial charge in [0, 0.05) is 56.2 Å². The number of nitrogens with zero attached hydrogens (tertiary/aromatic N) is 5. The standard InChI is InChI=1S/C24H28ClF2N5O6S/c1-23(2,3)38-22(34)32-9-7-31(8-10-32)17(33)13-37-20-16(25)11-14(12-28-20)18-15-5-6-24(26,27)19(15)30-21(29-18)39(4,35)36/h11-12H,5-10,13H2,1-4H3. The van der Waals surface area contributed by atoms with Crippen LogP contribution in [0.4, 0.5) is 13.6 Å². The van der Waals surface area contributed by atoms with E-state index in [9.17, 15) is 26.8 Å². The number of carbonyl (C=O) groups excluding carboxylic acids is 2. The average Bonchev–Trinajstić information content (AvgIpc) is 3.15. The van der Waals surface area contributed by atoms with Crippen LogP contribution in [-0.2, 0) is 31.7 Å². The lowest BCUT2D eigenvalue weighted by molar-refractivity contribution is -0.135. The molecule has 4 rings (SSSR count). The van der Waals surface area contributed by atoms with E-state index in [1.807, 2.05) is 0 Å². The van der Waals surface area contributed by atoms with Crippen molar-refractivity contribution in [3.8, 4) is 17.1 Å². The number of fused-ring (bicyclic) bond motifs is 1. The molecule has 0 aromatic carbocycles. The van der Waals surface area contributed by atoms with Crippen LogP contribution in [0, 0.1) is 0 Å². The van der Waals surface area contributed by atoms with Crippen LogP contribution in [0.1, 0.15) is 38.4 Å². The Balaban J connectivity index is 1.44. The Morgan fingerprint density at radius 2 is 1.77 bits per heavy atom. The van der Waals surface area contributed by atoms with Crippen molar-refractivity contribution in [2.45, 2.75) is 50.3 Å². The molecule has 0 bridgehead atoms. The summed E-state index contributed by atoms with van der Waals surface area (Å²) in [6.07, 6.45) is 1.09. The molecule has 15 heteroatoms. The van der Waals surface area contributed by atoms with Crippen LogP contribution in [-0.4, -0.2) is 89.8 Å². The second kappa shape index (κ2) is 10.5. The maximum Gasteiger partial charge on any atom is 0.410 e. The third-order valence-electron chi connectivity index (χ3n) is 6.05. The number of carbonyl (C=O) groups is 2. The maximum atomic E-state index is 14.4. The summed E-state index contributed by atoms with van der Waals surface area (Å²) in [7, 11) is -3.97. The highest BCUT2D eigenvalue weighted by atomic mass is 35.5. The smallest absolute Gasteiger partial charge is 0.410 e. The van der Waals surface area contributed by atoms with Crippen molar-refractivity contribution in [1.29, 1.82) is 0 Å². The van der Waals surface area contributed by atoms with Gasteiger partial charge < -0.3 is 19.3 Å². The fourth-order valence-electron chi connectivity index (χ4n) is 4.16. The van der Waals surface area contributed by atoms with Crippen molar-refractivity contribution in [1.82, 2.24) is 24.8 Å². The SMILES string of the molecule is CC(C)(C)OC(=O)N1CCN(C(=O)COc2ncc(-c3nc(S(C)(=O)=O)nc4c3CCC4(F)F)cc2Cl)CC1. The predicted molar refractivity (Wildman–Crippen MR) is 135 cm³/mol. The van der Waals surface area contributed by atoms with Crippen LogP contribution in [0.5, 0.6) is 5.88 Å². The third kappa shape index (κ3) is 6.55. The topological polar surface area (TPSA) is 132 Å². The molecule has 2 aromatic rings. The van der Waals surface area contributed by atoms with Gasteiger partial charge in [0.1, 0.15) is 16.3 Å². The molecule has 1 saturated heterocycles. The molecule has 2 aromatic heterocycles. The lowest BCUT2D eigenvalue weighted by atomic mass is 10.1. The van der Waals surface area contributed by atoms with Crippen molar-refractivity contribution in [2.24, 2.45) is 0 Å². The number of hydrogen-bond acceptors (Lipinski definition) is 9. The van der Waals surface area contributed by atoms with Crippen LogP contribution < -0.4 is 4.74 Å². The zero-order valence-electron chi connectivity index (χ0n) is 21.8. The molecule has 1 fully saturated rings. The van der Waals surface area contributed by atoms with Gasteiger partial charge in [0.15, 0.2) is 6.61 Å². The Kier molecular flexibility index (Phi) is 7.74. The van der Waals surface area contributed by atoms with Gasteiger partial charge in [-0.1, -0.05) is 11.6 Å². The number of sulfone groups is 1.